The first-order valence-electron chi connectivity index (χ1n) is 8.22. The number of thioether (sulfide) groups is 1. The lowest BCUT2D eigenvalue weighted by molar-refractivity contribution is -0.140. The molecule has 0 heterocycles. The van der Waals surface area contributed by atoms with Crippen molar-refractivity contribution in [3.63, 3.8) is 0 Å². The zero-order valence-corrected chi connectivity index (χ0v) is 14.7. The number of benzene rings is 2. The predicted octanol–water partition coefficient (Wildman–Crippen LogP) is 3.90. The van der Waals surface area contributed by atoms with E-state index in [1.54, 1.807) is 42.5 Å². The van der Waals surface area contributed by atoms with E-state index in [9.17, 15) is 14.4 Å². The van der Waals surface area contributed by atoms with Crippen molar-refractivity contribution in [2.75, 3.05) is 12.4 Å². The molecule has 1 aliphatic carbocycles. The Morgan fingerprint density at radius 1 is 0.960 bits per heavy atom. The van der Waals surface area contributed by atoms with Gasteiger partial charge in [0.25, 0.3) is 0 Å². The summed E-state index contributed by atoms with van der Waals surface area (Å²) in [4.78, 5) is 37.7. The predicted molar refractivity (Wildman–Crippen MR) is 96.3 cm³/mol. The summed E-state index contributed by atoms with van der Waals surface area (Å²) in [6, 6.07) is 12.0. The molecule has 3 rings (SSSR count). The minimum absolute atomic E-state index is 0.138. The van der Waals surface area contributed by atoms with Crippen molar-refractivity contribution in [3.8, 4) is 0 Å². The molecular weight excluding hydrogens is 336 g/mol. The maximum atomic E-state index is 12.7. The van der Waals surface area contributed by atoms with Gasteiger partial charge >= 0.3 is 5.97 Å². The maximum absolute atomic E-state index is 12.7. The number of carbonyl (C=O) groups excluding carboxylic acids is 3. The lowest BCUT2D eigenvalue weighted by Crippen LogP contribution is -2.20. The van der Waals surface area contributed by atoms with E-state index in [1.165, 1.54) is 11.8 Å². The van der Waals surface area contributed by atoms with Gasteiger partial charge in [-0.15, -0.1) is 11.8 Å². The van der Waals surface area contributed by atoms with Crippen LogP contribution in [0.2, 0.25) is 0 Å². The molecule has 0 spiro atoms. The van der Waals surface area contributed by atoms with Gasteiger partial charge < -0.3 is 4.74 Å². The van der Waals surface area contributed by atoms with Gasteiger partial charge in [0.15, 0.2) is 11.6 Å². The number of rotatable bonds is 6. The van der Waals surface area contributed by atoms with Gasteiger partial charge in [-0.25, -0.2) is 0 Å². The highest BCUT2D eigenvalue weighted by Crippen LogP contribution is 2.30. The Hall–Kier alpha value is -2.40. The van der Waals surface area contributed by atoms with Gasteiger partial charge in [0.1, 0.15) is 0 Å². The van der Waals surface area contributed by atoms with Crippen LogP contribution in [0.25, 0.3) is 0 Å². The quantitative estimate of drug-likeness (QED) is 0.382. The number of unbranched alkanes of at least 4 members (excludes halogenated alkanes) is 1. The molecule has 0 saturated carbocycles. The summed E-state index contributed by atoms with van der Waals surface area (Å²) in [5.74, 6) is -0.385. The minimum atomic E-state index is -0.274. The largest absolute Gasteiger partial charge is 0.465 e. The molecule has 0 atom stereocenters. The summed E-state index contributed by atoms with van der Waals surface area (Å²) in [6.45, 7) is 2.47. The van der Waals surface area contributed by atoms with Gasteiger partial charge in [-0.1, -0.05) is 37.6 Å². The van der Waals surface area contributed by atoms with Gasteiger partial charge in [0.05, 0.1) is 12.4 Å². The van der Waals surface area contributed by atoms with Crippen molar-refractivity contribution in [3.05, 3.63) is 64.7 Å². The lowest BCUT2D eigenvalue weighted by atomic mass is 9.84. The average Bonchev–Trinajstić information content (AvgIpc) is 2.64. The normalized spacial score (nSPS) is 12.5. The second kappa shape index (κ2) is 7.66. The second-order valence-corrected chi connectivity index (χ2v) is 6.82. The van der Waals surface area contributed by atoms with Crippen molar-refractivity contribution in [1.29, 1.82) is 0 Å². The number of fused-ring (bicyclic) bond motifs is 2. The monoisotopic (exact) mass is 354 g/mol. The third-order valence-electron chi connectivity index (χ3n) is 4.01. The number of hydrogen-bond acceptors (Lipinski definition) is 5. The highest BCUT2D eigenvalue weighted by Gasteiger charge is 2.29. The van der Waals surface area contributed by atoms with Crippen LogP contribution in [-0.4, -0.2) is 29.9 Å². The molecular formula is C20H18O4S. The molecule has 0 saturated heterocycles. The standard InChI is InChI=1S/C20H18O4S/c1-2-3-10-24-18(21)12-25-13-8-9-16-17(11-13)20(23)15-7-5-4-6-14(15)19(16)22/h4-9,11H,2-3,10,12H2,1H3. The van der Waals surface area contributed by atoms with Crippen molar-refractivity contribution >= 4 is 29.3 Å². The maximum Gasteiger partial charge on any atom is 0.316 e. The molecule has 0 unspecified atom stereocenters. The van der Waals surface area contributed by atoms with Crippen LogP contribution in [0, 0.1) is 0 Å². The SMILES string of the molecule is CCCCOC(=O)CSc1ccc2c(c1)C(=O)c1ccccc1C2=O. The fourth-order valence-corrected chi connectivity index (χ4v) is 3.42. The smallest absolute Gasteiger partial charge is 0.316 e. The van der Waals surface area contributed by atoms with Crippen LogP contribution in [0.15, 0.2) is 47.4 Å². The molecule has 0 fully saturated rings. The number of ketones is 2. The fraction of sp³-hybridized carbons (Fsp3) is 0.250. The van der Waals surface area contributed by atoms with E-state index in [-0.39, 0.29) is 23.3 Å². The summed E-state index contributed by atoms with van der Waals surface area (Å²) >= 11 is 1.31. The summed E-state index contributed by atoms with van der Waals surface area (Å²) in [6.07, 6.45) is 1.83. The number of hydrogen-bond donors (Lipinski definition) is 0. The fourth-order valence-electron chi connectivity index (χ4n) is 2.68. The van der Waals surface area contributed by atoms with Crippen LogP contribution in [0.1, 0.15) is 51.6 Å². The molecule has 0 radical (unpaired) electrons. The lowest BCUT2D eigenvalue weighted by Gasteiger charge is -2.17. The third-order valence-corrected chi connectivity index (χ3v) is 4.98. The Labute approximate surface area is 150 Å². The average molecular weight is 354 g/mol. The highest BCUT2D eigenvalue weighted by molar-refractivity contribution is 8.00. The molecule has 5 heteroatoms. The van der Waals surface area contributed by atoms with Crippen LogP contribution in [0.3, 0.4) is 0 Å². The summed E-state index contributed by atoms with van der Waals surface area (Å²) in [5.41, 5.74) is 1.69. The van der Waals surface area contributed by atoms with Crippen molar-refractivity contribution in [2.24, 2.45) is 0 Å². The zero-order chi connectivity index (χ0) is 17.8. The Kier molecular flexibility index (Phi) is 5.34. The van der Waals surface area contributed by atoms with Crippen LogP contribution in [0.4, 0.5) is 0 Å². The van der Waals surface area contributed by atoms with Crippen LogP contribution >= 0.6 is 11.8 Å². The molecule has 0 amide bonds. The Balaban J connectivity index is 1.75. The minimum Gasteiger partial charge on any atom is -0.465 e. The Morgan fingerprint density at radius 3 is 2.28 bits per heavy atom. The van der Waals surface area contributed by atoms with E-state index in [4.69, 9.17) is 4.74 Å². The molecule has 2 aromatic rings. The Bertz CT molecular complexity index is 841. The Morgan fingerprint density at radius 2 is 1.60 bits per heavy atom. The molecule has 2 aromatic carbocycles. The topological polar surface area (TPSA) is 60.4 Å². The van der Waals surface area contributed by atoms with Crippen LogP contribution < -0.4 is 0 Å². The zero-order valence-electron chi connectivity index (χ0n) is 13.9. The van der Waals surface area contributed by atoms with Gasteiger partial charge in [0, 0.05) is 27.1 Å². The van der Waals surface area contributed by atoms with Crippen molar-refractivity contribution in [1.82, 2.24) is 0 Å². The van der Waals surface area contributed by atoms with Gasteiger partial charge in [-0.2, -0.15) is 0 Å². The van der Waals surface area contributed by atoms with Gasteiger partial charge in [-0.3, -0.25) is 14.4 Å². The van der Waals surface area contributed by atoms with Gasteiger partial charge in [0.2, 0.25) is 0 Å². The summed E-state index contributed by atoms with van der Waals surface area (Å²) < 4.78 is 5.12. The first-order valence-corrected chi connectivity index (χ1v) is 9.21. The van der Waals surface area contributed by atoms with Crippen LogP contribution in [0.5, 0.6) is 0 Å². The van der Waals surface area contributed by atoms with E-state index >= 15 is 0 Å². The highest BCUT2D eigenvalue weighted by atomic mass is 32.2. The summed E-state index contributed by atoms with van der Waals surface area (Å²) in [5, 5.41) is 0. The third kappa shape index (κ3) is 3.66. The number of esters is 1. The molecule has 0 N–H and O–H groups in total. The first-order chi connectivity index (χ1) is 12.1. The first kappa shape index (κ1) is 17.4. The van der Waals surface area contributed by atoms with Gasteiger partial charge in [-0.05, 0) is 24.6 Å². The van der Waals surface area contributed by atoms with E-state index in [1.807, 2.05) is 6.92 Å². The number of ether oxygens (including phenoxy) is 1. The van der Waals surface area contributed by atoms with E-state index in [0.29, 0.717) is 28.9 Å². The second-order valence-electron chi connectivity index (χ2n) is 5.77. The molecule has 0 bridgehead atoms. The number of carbonyl (C=O) groups is 3. The molecule has 0 aromatic heterocycles. The molecule has 1 aliphatic rings. The van der Waals surface area contributed by atoms with Crippen LogP contribution in [-0.2, 0) is 9.53 Å². The summed E-state index contributed by atoms with van der Waals surface area (Å²) in [7, 11) is 0. The van der Waals surface area contributed by atoms with E-state index in [2.05, 4.69) is 0 Å². The van der Waals surface area contributed by atoms with E-state index < -0.39 is 0 Å². The van der Waals surface area contributed by atoms with E-state index in [0.717, 1.165) is 17.7 Å². The molecule has 25 heavy (non-hydrogen) atoms. The molecule has 128 valence electrons. The molecule has 4 nitrogen and oxygen atoms in total. The van der Waals surface area contributed by atoms with Crippen molar-refractivity contribution in [2.45, 2.75) is 24.7 Å². The van der Waals surface area contributed by atoms with Crippen molar-refractivity contribution < 1.29 is 19.1 Å². The molecule has 0 aliphatic heterocycles.